The van der Waals surface area contributed by atoms with E-state index < -0.39 is 0 Å². The lowest BCUT2D eigenvalue weighted by Crippen LogP contribution is -2.25. The van der Waals surface area contributed by atoms with Gasteiger partial charge in [0.2, 0.25) is 5.89 Å². The van der Waals surface area contributed by atoms with Gasteiger partial charge in [0.05, 0.1) is 42.7 Å². The molecule has 25 heavy (non-hydrogen) atoms. The molecule has 126 valence electrons. The Hall–Kier alpha value is -3.36. The van der Waals surface area contributed by atoms with Crippen molar-refractivity contribution < 1.29 is 9.21 Å². The molecule has 1 fully saturated rings. The molecule has 0 bridgehead atoms. The highest BCUT2D eigenvalue weighted by Crippen LogP contribution is 2.39. The second kappa shape index (κ2) is 6.63. The van der Waals surface area contributed by atoms with Crippen molar-refractivity contribution in [3.63, 3.8) is 0 Å². The predicted octanol–water partition coefficient (Wildman–Crippen LogP) is 1.81. The number of amides is 1. The molecule has 9 nitrogen and oxygen atoms in total. The largest absolute Gasteiger partial charge is 0.447 e. The van der Waals surface area contributed by atoms with E-state index in [2.05, 4.69) is 35.6 Å². The van der Waals surface area contributed by atoms with Crippen LogP contribution in [-0.2, 0) is 6.54 Å². The molecule has 0 atom stereocenters. The highest BCUT2D eigenvalue weighted by molar-refractivity contribution is 5.97. The first-order chi connectivity index (χ1) is 12.3. The number of rotatable bonds is 6. The molecule has 1 aliphatic rings. The van der Waals surface area contributed by atoms with Crippen molar-refractivity contribution in [2.75, 3.05) is 5.32 Å². The van der Waals surface area contributed by atoms with Crippen molar-refractivity contribution in [2.45, 2.75) is 25.3 Å². The lowest BCUT2D eigenvalue weighted by molar-refractivity contribution is 0.0942. The molecule has 0 radical (unpaired) electrons. The minimum atomic E-state index is -0.354. The van der Waals surface area contributed by atoms with Crippen LogP contribution in [0.15, 0.2) is 41.8 Å². The number of carbonyl (C=O) groups excluding carboxylic acids is 1. The fourth-order valence-electron chi connectivity index (χ4n) is 2.31. The lowest BCUT2D eigenvalue weighted by atomic mass is 10.2. The summed E-state index contributed by atoms with van der Waals surface area (Å²) in [6, 6.07) is 0. The molecule has 4 rings (SSSR count). The number of oxazole rings is 1. The number of nitrogens with one attached hydrogen (secondary N) is 2. The van der Waals surface area contributed by atoms with E-state index in [0.29, 0.717) is 23.3 Å². The summed E-state index contributed by atoms with van der Waals surface area (Å²) in [5.74, 6) is 0.808. The standard InChI is InChI=1S/C16H15N7O2/c24-16(21-8-13-19-3-4-25-13)14-15(22-11-5-17-9-18-6-11)20-7-12(23-14)10-1-2-10/h3-7,9-10H,1-2,8H2,(H,20,22)(H,21,24). The number of hydrogen-bond donors (Lipinski definition) is 2. The lowest BCUT2D eigenvalue weighted by Gasteiger charge is -2.11. The molecule has 3 aromatic rings. The first kappa shape index (κ1) is 15.2. The third kappa shape index (κ3) is 3.60. The van der Waals surface area contributed by atoms with Crippen LogP contribution < -0.4 is 10.6 Å². The zero-order chi connectivity index (χ0) is 17.1. The molecule has 1 saturated carbocycles. The van der Waals surface area contributed by atoms with Gasteiger partial charge in [-0.15, -0.1) is 0 Å². The van der Waals surface area contributed by atoms with Crippen LogP contribution in [0.1, 0.15) is 40.8 Å². The fraction of sp³-hybridized carbons (Fsp3) is 0.250. The van der Waals surface area contributed by atoms with Crippen LogP contribution in [0.3, 0.4) is 0 Å². The topological polar surface area (TPSA) is 119 Å². The summed E-state index contributed by atoms with van der Waals surface area (Å²) in [6.07, 6.45) is 11.5. The molecule has 1 aliphatic carbocycles. The fourth-order valence-corrected chi connectivity index (χ4v) is 2.31. The van der Waals surface area contributed by atoms with Crippen LogP contribution in [-0.4, -0.2) is 30.8 Å². The molecular weight excluding hydrogens is 322 g/mol. The van der Waals surface area contributed by atoms with E-state index in [9.17, 15) is 4.79 Å². The molecule has 0 unspecified atom stereocenters. The van der Waals surface area contributed by atoms with E-state index in [4.69, 9.17) is 4.42 Å². The van der Waals surface area contributed by atoms with Gasteiger partial charge in [0.15, 0.2) is 11.5 Å². The first-order valence-corrected chi connectivity index (χ1v) is 7.85. The maximum Gasteiger partial charge on any atom is 0.274 e. The molecular formula is C16H15N7O2. The maximum absolute atomic E-state index is 12.6. The minimum absolute atomic E-state index is 0.176. The number of aromatic nitrogens is 5. The van der Waals surface area contributed by atoms with E-state index in [1.54, 1.807) is 18.6 Å². The number of anilines is 2. The third-order valence-electron chi connectivity index (χ3n) is 3.71. The Morgan fingerprint density at radius 2 is 2.04 bits per heavy atom. The SMILES string of the molecule is O=C(NCc1ncco1)c1nc(C2CC2)cnc1Nc1cncnc1. The van der Waals surface area contributed by atoms with Crippen LogP contribution in [0.25, 0.3) is 0 Å². The van der Waals surface area contributed by atoms with Crippen LogP contribution in [0.2, 0.25) is 0 Å². The van der Waals surface area contributed by atoms with Gasteiger partial charge < -0.3 is 15.1 Å². The highest BCUT2D eigenvalue weighted by atomic mass is 16.3. The van der Waals surface area contributed by atoms with Gasteiger partial charge in [-0.3, -0.25) is 4.79 Å². The third-order valence-corrected chi connectivity index (χ3v) is 3.71. The number of hydrogen-bond acceptors (Lipinski definition) is 8. The molecule has 0 aliphatic heterocycles. The Morgan fingerprint density at radius 1 is 1.20 bits per heavy atom. The predicted molar refractivity (Wildman–Crippen MR) is 87.0 cm³/mol. The van der Waals surface area contributed by atoms with E-state index in [1.165, 1.54) is 18.8 Å². The summed E-state index contributed by atoms with van der Waals surface area (Å²) in [4.78, 5) is 33.3. The van der Waals surface area contributed by atoms with Crippen LogP contribution in [0.5, 0.6) is 0 Å². The second-order valence-corrected chi connectivity index (χ2v) is 5.63. The Balaban J connectivity index is 1.58. The average molecular weight is 337 g/mol. The summed E-state index contributed by atoms with van der Waals surface area (Å²) in [5.41, 5.74) is 1.67. The van der Waals surface area contributed by atoms with Crippen molar-refractivity contribution in [1.29, 1.82) is 0 Å². The van der Waals surface area contributed by atoms with Gasteiger partial charge in [0, 0.05) is 5.92 Å². The van der Waals surface area contributed by atoms with Crippen molar-refractivity contribution in [3.8, 4) is 0 Å². The van der Waals surface area contributed by atoms with Gasteiger partial charge in [-0.2, -0.15) is 0 Å². The van der Waals surface area contributed by atoms with Gasteiger partial charge in [-0.05, 0) is 12.8 Å². The van der Waals surface area contributed by atoms with Crippen molar-refractivity contribution in [3.05, 3.63) is 54.7 Å². The Labute approximate surface area is 143 Å². The number of carbonyl (C=O) groups is 1. The van der Waals surface area contributed by atoms with Crippen LogP contribution in [0.4, 0.5) is 11.5 Å². The van der Waals surface area contributed by atoms with Crippen LogP contribution >= 0.6 is 0 Å². The molecule has 9 heteroatoms. The van der Waals surface area contributed by atoms with Gasteiger partial charge in [-0.1, -0.05) is 0 Å². The van der Waals surface area contributed by atoms with E-state index in [1.807, 2.05) is 0 Å². The van der Waals surface area contributed by atoms with E-state index >= 15 is 0 Å². The summed E-state index contributed by atoms with van der Waals surface area (Å²) >= 11 is 0. The molecule has 2 N–H and O–H groups in total. The van der Waals surface area contributed by atoms with E-state index in [-0.39, 0.29) is 18.1 Å². The highest BCUT2D eigenvalue weighted by Gasteiger charge is 2.27. The van der Waals surface area contributed by atoms with Gasteiger partial charge in [0.25, 0.3) is 5.91 Å². The van der Waals surface area contributed by atoms with Crippen molar-refractivity contribution in [2.24, 2.45) is 0 Å². The quantitative estimate of drug-likeness (QED) is 0.699. The minimum Gasteiger partial charge on any atom is -0.447 e. The molecule has 3 aromatic heterocycles. The zero-order valence-electron chi connectivity index (χ0n) is 13.2. The maximum atomic E-state index is 12.6. The summed E-state index contributed by atoms with van der Waals surface area (Å²) < 4.78 is 5.12. The zero-order valence-corrected chi connectivity index (χ0v) is 13.2. The second-order valence-electron chi connectivity index (χ2n) is 5.63. The van der Waals surface area contributed by atoms with E-state index in [0.717, 1.165) is 18.5 Å². The van der Waals surface area contributed by atoms with Gasteiger partial charge in [0.1, 0.15) is 12.6 Å². The monoisotopic (exact) mass is 337 g/mol. The number of nitrogens with zero attached hydrogens (tertiary/aromatic N) is 5. The smallest absolute Gasteiger partial charge is 0.274 e. The normalized spacial score (nSPS) is 13.4. The molecule has 3 heterocycles. The molecule has 0 spiro atoms. The Kier molecular flexibility index (Phi) is 4.03. The van der Waals surface area contributed by atoms with Crippen molar-refractivity contribution >= 4 is 17.4 Å². The summed E-state index contributed by atoms with van der Waals surface area (Å²) in [7, 11) is 0. The Morgan fingerprint density at radius 3 is 2.76 bits per heavy atom. The molecule has 0 aromatic carbocycles. The average Bonchev–Trinajstić information content (AvgIpc) is 3.37. The summed E-state index contributed by atoms with van der Waals surface area (Å²) in [6.45, 7) is 0.176. The first-order valence-electron chi connectivity index (χ1n) is 7.85. The van der Waals surface area contributed by atoms with Crippen molar-refractivity contribution in [1.82, 2.24) is 30.2 Å². The van der Waals surface area contributed by atoms with Gasteiger partial charge >= 0.3 is 0 Å². The Bertz CT molecular complexity index is 863. The summed E-state index contributed by atoms with van der Waals surface area (Å²) in [5, 5.41) is 5.78. The van der Waals surface area contributed by atoms with Crippen LogP contribution in [0, 0.1) is 0 Å². The molecule has 0 saturated heterocycles. The molecule has 1 amide bonds. The van der Waals surface area contributed by atoms with Gasteiger partial charge in [-0.25, -0.2) is 24.9 Å².